The molecule has 0 radical (unpaired) electrons. The van der Waals surface area contributed by atoms with E-state index in [9.17, 15) is 9.67 Å². The minimum absolute atomic E-state index is 0.321. The van der Waals surface area contributed by atoms with Crippen molar-refractivity contribution in [1.29, 1.82) is 0 Å². The van der Waals surface area contributed by atoms with Gasteiger partial charge in [-0.2, -0.15) is 0 Å². The Morgan fingerprint density at radius 2 is 1.67 bits per heavy atom. The van der Waals surface area contributed by atoms with E-state index in [2.05, 4.69) is 40.7 Å². The molecule has 0 fully saturated rings. The molecule has 0 aliphatic heterocycles. The first kappa shape index (κ1) is 23.1. The van der Waals surface area contributed by atoms with Crippen LogP contribution in [0.1, 0.15) is 83.8 Å². The molecule has 0 aromatic heterocycles. The van der Waals surface area contributed by atoms with Crippen molar-refractivity contribution < 1.29 is 9.67 Å². The Balaban J connectivity index is 0.000000441. The highest BCUT2D eigenvalue weighted by Gasteiger charge is 2.24. The molecule has 138 valence electrons. The lowest BCUT2D eigenvalue weighted by atomic mass is 9.80. The maximum absolute atomic E-state index is 10.6. The molecule has 0 amide bonds. The van der Waals surface area contributed by atoms with Gasteiger partial charge in [0, 0.05) is 6.16 Å². The summed E-state index contributed by atoms with van der Waals surface area (Å²) in [5.41, 5.74) is 2.66. The third-order valence-corrected chi connectivity index (χ3v) is 5.80. The summed E-state index contributed by atoms with van der Waals surface area (Å²) in [4.78, 5) is 0. The second-order valence-electron chi connectivity index (χ2n) is 6.83. The summed E-state index contributed by atoms with van der Waals surface area (Å²) in [7, 11) is 0.321. The number of hydrogen-bond acceptors (Lipinski definition) is 2. The Morgan fingerprint density at radius 3 is 2.17 bits per heavy atom. The molecule has 1 aromatic carbocycles. The van der Waals surface area contributed by atoms with Crippen molar-refractivity contribution >= 4 is 8.46 Å². The van der Waals surface area contributed by atoms with Gasteiger partial charge in [-0.25, -0.2) is 0 Å². The Bertz CT molecular complexity index is 453. The summed E-state index contributed by atoms with van der Waals surface area (Å²) in [6.45, 7) is 10.8. The summed E-state index contributed by atoms with van der Waals surface area (Å²) in [5, 5.41) is 9.46. The molecule has 1 N–H and O–H groups in total. The first-order valence-corrected chi connectivity index (χ1v) is 10.6. The molecule has 3 heteroatoms. The molecule has 0 bridgehead atoms. The summed E-state index contributed by atoms with van der Waals surface area (Å²) in [6.07, 6.45) is 10.3. The van der Waals surface area contributed by atoms with Crippen LogP contribution in [-0.2, 0) is 11.0 Å². The number of benzene rings is 1. The van der Waals surface area contributed by atoms with E-state index in [0.29, 0.717) is 19.6 Å². The van der Waals surface area contributed by atoms with E-state index in [-0.39, 0.29) is 0 Å². The number of unbranched alkanes of at least 4 members (excludes halogenated alkanes) is 2. The van der Waals surface area contributed by atoms with Gasteiger partial charge in [0.25, 0.3) is 0 Å². The maximum Gasteiger partial charge on any atom is 0.155 e. The van der Waals surface area contributed by atoms with Gasteiger partial charge >= 0.3 is 0 Å². The molecular formula is C21H37O2P. The molecule has 0 saturated carbocycles. The van der Waals surface area contributed by atoms with E-state index in [0.717, 1.165) is 24.6 Å². The third-order valence-electron chi connectivity index (χ3n) is 5.00. The zero-order valence-corrected chi connectivity index (χ0v) is 17.3. The highest BCUT2D eigenvalue weighted by molar-refractivity contribution is 7.23. The molecule has 0 heterocycles. The van der Waals surface area contributed by atoms with Crippen LogP contribution in [-0.4, -0.2) is 11.3 Å². The summed E-state index contributed by atoms with van der Waals surface area (Å²) in [6, 6.07) is 5.77. The zero-order valence-electron chi connectivity index (χ0n) is 16.4. The molecule has 1 rings (SSSR count). The van der Waals surface area contributed by atoms with Crippen LogP contribution in [0, 0.1) is 12.3 Å². The Morgan fingerprint density at radius 1 is 1.04 bits per heavy atom. The molecule has 2 nitrogen and oxygen atoms in total. The summed E-state index contributed by atoms with van der Waals surface area (Å²) < 4.78 is 10.6. The van der Waals surface area contributed by atoms with Crippen molar-refractivity contribution in [1.82, 2.24) is 0 Å². The van der Waals surface area contributed by atoms with E-state index in [1.165, 1.54) is 44.1 Å². The van der Waals surface area contributed by atoms with Gasteiger partial charge in [-0.1, -0.05) is 64.7 Å². The predicted molar refractivity (Wildman–Crippen MR) is 106 cm³/mol. The van der Waals surface area contributed by atoms with Crippen LogP contribution in [0.2, 0.25) is 0 Å². The van der Waals surface area contributed by atoms with Crippen molar-refractivity contribution in [2.24, 2.45) is 5.41 Å². The van der Waals surface area contributed by atoms with Crippen LogP contribution in [0.15, 0.2) is 18.2 Å². The fourth-order valence-corrected chi connectivity index (χ4v) is 3.76. The lowest BCUT2D eigenvalue weighted by Gasteiger charge is -2.28. The van der Waals surface area contributed by atoms with Crippen molar-refractivity contribution in [3.8, 4) is 5.75 Å². The quantitative estimate of drug-likeness (QED) is 0.448. The number of phenols is 1. The fraction of sp³-hybridized carbons (Fsp3) is 0.714. The molecule has 24 heavy (non-hydrogen) atoms. The fourth-order valence-electron chi connectivity index (χ4n) is 2.88. The molecule has 0 spiro atoms. The van der Waals surface area contributed by atoms with E-state index in [1.807, 2.05) is 6.07 Å². The minimum Gasteiger partial charge on any atom is -0.508 e. The first-order valence-electron chi connectivity index (χ1n) is 9.56. The predicted octanol–water partition coefficient (Wildman–Crippen LogP) is 7.32. The smallest absolute Gasteiger partial charge is 0.155 e. The molecule has 0 aliphatic carbocycles. The van der Waals surface area contributed by atoms with Crippen LogP contribution >= 0.6 is 8.46 Å². The highest BCUT2D eigenvalue weighted by Crippen LogP contribution is 2.35. The SMILES string of the molecule is CCCCC(CC)(CC)CP=O.CCCCc1cc(C)ccc1O. The number of rotatable bonds is 10. The van der Waals surface area contributed by atoms with Crippen LogP contribution in [0.5, 0.6) is 5.75 Å². The van der Waals surface area contributed by atoms with E-state index < -0.39 is 0 Å². The second kappa shape index (κ2) is 13.4. The first-order chi connectivity index (χ1) is 11.5. The van der Waals surface area contributed by atoms with Crippen LogP contribution < -0.4 is 0 Å². The summed E-state index contributed by atoms with van der Waals surface area (Å²) >= 11 is 0. The van der Waals surface area contributed by atoms with Crippen molar-refractivity contribution in [3.63, 3.8) is 0 Å². The minimum atomic E-state index is 0.321. The van der Waals surface area contributed by atoms with Crippen molar-refractivity contribution in [2.75, 3.05) is 6.16 Å². The Kier molecular flexibility index (Phi) is 12.9. The molecule has 0 aliphatic rings. The van der Waals surface area contributed by atoms with Crippen LogP contribution in [0.3, 0.4) is 0 Å². The van der Waals surface area contributed by atoms with E-state index in [1.54, 1.807) is 6.07 Å². The van der Waals surface area contributed by atoms with Crippen molar-refractivity contribution in [3.05, 3.63) is 29.3 Å². The number of aromatic hydroxyl groups is 1. The molecule has 0 atom stereocenters. The monoisotopic (exact) mass is 352 g/mol. The van der Waals surface area contributed by atoms with Crippen LogP contribution in [0.25, 0.3) is 0 Å². The Hall–Kier alpha value is -0.880. The normalized spacial score (nSPS) is 11.2. The number of phenolic OH excluding ortho intramolecular Hbond substituents is 1. The molecule has 1 aromatic rings. The van der Waals surface area contributed by atoms with Crippen LogP contribution in [0.4, 0.5) is 0 Å². The molecular weight excluding hydrogens is 315 g/mol. The van der Waals surface area contributed by atoms with Gasteiger partial charge in [0.2, 0.25) is 0 Å². The Labute approximate surface area is 151 Å². The topological polar surface area (TPSA) is 37.3 Å². The number of aryl methyl sites for hydroxylation is 2. The largest absolute Gasteiger partial charge is 0.508 e. The van der Waals surface area contributed by atoms with Gasteiger partial charge in [0.15, 0.2) is 8.46 Å². The third kappa shape index (κ3) is 8.83. The van der Waals surface area contributed by atoms with Gasteiger partial charge in [-0.05, 0) is 56.1 Å². The summed E-state index contributed by atoms with van der Waals surface area (Å²) in [5.74, 6) is 0.439. The molecule has 0 unspecified atom stereocenters. The van der Waals surface area contributed by atoms with Crippen molar-refractivity contribution in [2.45, 2.75) is 86.0 Å². The van der Waals surface area contributed by atoms with E-state index in [4.69, 9.17) is 0 Å². The number of hydrogen-bond donors (Lipinski definition) is 1. The standard InChI is InChI=1S/C11H16O.C10H21OP/c1-3-4-5-10-8-9(2)6-7-11(10)12;1-4-7-8-10(5-2,6-3)9-12-11/h6-8,12H,3-5H2,1-2H3;4-9H2,1-3H3. The van der Waals surface area contributed by atoms with E-state index >= 15 is 0 Å². The highest BCUT2D eigenvalue weighted by atomic mass is 31.1. The lowest BCUT2D eigenvalue weighted by molar-refractivity contribution is 0.270. The average molecular weight is 352 g/mol. The zero-order chi connectivity index (χ0) is 18.4. The van der Waals surface area contributed by atoms with Gasteiger partial charge in [-0.15, -0.1) is 0 Å². The van der Waals surface area contributed by atoms with Gasteiger partial charge < -0.3 is 5.11 Å². The average Bonchev–Trinajstić information content (AvgIpc) is 2.60. The second-order valence-corrected chi connectivity index (χ2v) is 7.41. The lowest BCUT2D eigenvalue weighted by Crippen LogP contribution is -2.20. The van der Waals surface area contributed by atoms with Gasteiger partial charge in [-0.3, -0.25) is 4.57 Å². The maximum atomic E-state index is 10.6. The van der Waals surface area contributed by atoms with Gasteiger partial charge in [0.05, 0.1) is 0 Å². The molecule has 0 saturated heterocycles. The van der Waals surface area contributed by atoms with Gasteiger partial charge in [0.1, 0.15) is 5.75 Å².